The largest absolute Gasteiger partial charge is 0.434 e. The van der Waals surface area contributed by atoms with Gasteiger partial charge >= 0.3 is 6.61 Å². The minimum absolute atomic E-state index is 0.104. The van der Waals surface area contributed by atoms with Gasteiger partial charge in [0, 0.05) is 0 Å². The van der Waals surface area contributed by atoms with E-state index >= 15 is 0 Å². The third-order valence-electron chi connectivity index (χ3n) is 2.90. The summed E-state index contributed by atoms with van der Waals surface area (Å²) in [5.41, 5.74) is 0.293. The molecule has 3 rings (SSSR count). The molecule has 0 amide bonds. The highest BCUT2D eigenvalue weighted by Crippen LogP contribution is 2.31. The van der Waals surface area contributed by atoms with Crippen LogP contribution in [-0.4, -0.2) is 16.6 Å². The van der Waals surface area contributed by atoms with Gasteiger partial charge in [0.15, 0.2) is 11.6 Å². The molecule has 2 aromatic carbocycles. The maximum atomic E-state index is 13.6. The molecule has 0 unspecified atom stereocenters. The molecule has 3 aromatic rings. The first-order chi connectivity index (χ1) is 10.1. The van der Waals surface area contributed by atoms with Crippen molar-refractivity contribution in [2.75, 3.05) is 0 Å². The molecular formula is C14H8F4N2O. The summed E-state index contributed by atoms with van der Waals surface area (Å²) >= 11 is 0. The van der Waals surface area contributed by atoms with E-state index in [-0.39, 0.29) is 28.2 Å². The number of aromatic amines is 1. The van der Waals surface area contributed by atoms with Gasteiger partial charge in [0.2, 0.25) is 0 Å². The first-order valence-electron chi connectivity index (χ1n) is 5.94. The molecule has 108 valence electrons. The summed E-state index contributed by atoms with van der Waals surface area (Å²) in [6, 6.07) is 8.22. The monoisotopic (exact) mass is 296 g/mol. The van der Waals surface area contributed by atoms with Crippen molar-refractivity contribution < 1.29 is 22.3 Å². The highest BCUT2D eigenvalue weighted by molar-refractivity contribution is 5.81. The summed E-state index contributed by atoms with van der Waals surface area (Å²) < 4.78 is 55.9. The number of nitrogens with zero attached hydrogens (tertiary/aromatic N) is 1. The Bertz CT molecular complexity index is 801. The van der Waals surface area contributed by atoms with E-state index in [1.54, 1.807) is 6.07 Å². The zero-order valence-electron chi connectivity index (χ0n) is 10.4. The van der Waals surface area contributed by atoms with Gasteiger partial charge in [-0.2, -0.15) is 8.78 Å². The number of halogens is 4. The third kappa shape index (κ3) is 2.42. The molecule has 1 heterocycles. The zero-order chi connectivity index (χ0) is 15.0. The van der Waals surface area contributed by atoms with Crippen molar-refractivity contribution in [1.82, 2.24) is 9.97 Å². The van der Waals surface area contributed by atoms with Crippen LogP contribution >= 0.6 is 0 Å². The second-order valence-electron chi connectivity index (χ2n) is 4.22. The Morgan fingerprint density at radius 3 is 2.57 bits per heavy atom. The second-order valence-corrected chi connectivity index (χ2v) is 4.22. The van der Waals surface area contributed by atoms with Gasteiger partial charge in [-0.05, 0) is 24.3 Å². The van der Waals surface area contributed by atoms with Gasteiger partial charge in [-0.3, -0.25) is 0 Å². The maximum absolute atomic E-state index is 13.6. The predicted octanol–water partition coefficient (Wildman–Crippen LogP) is 4.11. The van der Waals surface area contributed by atoms with E-state index in [0.29, 0.717) is 0 Å². The van der Waals surface area contributed by atoms with Gasteiger partial charge in [0.1, 0.15) is 17.1 Å². The van der Waals surface area contributed by atoms with Gasteiger partial charge < -0.3 is 9.72 Å². The SMILES string of the molecule is Fc1ccc2[nH]c(-c3ccccc3OC(F)F)nc2c1F. The van der Waals surface area contributed by atoms with Crippen LogP contribution in [0.1, 0.15) is 0 Å². The minimum atomic E-state index is -3.00. The number of rotatable bonds is 3. The van der Waals surface area contributed by atoms with E-state index in [2.05, 4.69) is 14.7 Å². The van der Waals surface area contributed by atoms with E-state index in [0.717, 1.165) is 6.07 Å². The molecule has 0 radical (unpaired) electrons. The van der Waals surface area contributed by atoms with Crippen LogP contribution < -0.4 is 4.74 Å². The molecule has 0 spiro atoms. The van der Waals surface area contributed by atoms with Gasteiger partial charge in [-0.1, -0.05) is 12.1 Å². The summed E-state index contributed by atoms with van der Waals surface area (Å²) in [6.45, 7) is -3.00. The number of H-pyrrole nitrogens is 1. The molecule has 1 N–H and O–H groups in total. The van der Waals surface area contributed by atoms with Crippen LogP contribution in [0.5, 0.6) is 5.75 Å². The lowest BCUT2D eigenvalue weighted by molar-refractivity contribution is -0.0494. The number of alkyl halides is 2. The topological polar surface area (TPSA) is 37.9 Å². The number of hydrogen-bond donors (Lipinski definition) is 1. The average molecular weight is 296 g/mol. The van der Waals surface area contributed by atoms with Crippen molar-refractivity contribution in [3.8, 4) is 17.1 Å². The lowest BCUT2D eigenvalue weighted by Crippen LogP contribution is -2.03. The van der Waals surface area contributed by atoms with Crippen molar-refractivity contribution in [3.63, 3.8) is 0 Å². The molecule has 0 saturated carbocycles. The lowest BCUT2D eigenvalue weighted by atomic mass is 10.2. The van der Waals surface area contributed by atoms with Crippen LogP contribution in [-0.2, 0) is 0 Å². The number of benzene rings is 2. The fourth-order valence-corrected chi connectivity index (χ4v) is 2.01. The van der Waals surface area contributed by atoms with Gasteiger partial charge in [0.25, 0.3) is 0 Å². The van der Waals surface area contributed by atoms with Gasteiger partial charge in [-0.15, -0.1) is 0 Å². The van der Waals surface area contributed by atoms with Gasteiger partial charge in [0.05, 0.1) is 11.1 Å². The fraction of sp³-hybridized carbons (Fsp3) is 0.0714. The molecule has 0 saturated heterocycles. The Labute approximate surface area is 116 Å². The number of aromatic nitrogens is 2. The van der Waals surface area contributed by atoms with Gasteiger partial charge in [-0.25, -0.2) is 13.8 Å². The van der Waals surface area contributed by atoms with E-state index < -0.39 is 18.2 Å². The quantitative estimate of drug-likeness (QED) is 0.739. The summed E-state index contributed by atoms with van der Waals surface area (Å²) in [7, 11) is 0. The maximum Gasteiger partial charge on any atom is 0.387 e. The van der Waals surface area contributed by atoms with Crippen LogP contribution in [0.3, 0.4) is 0 Å². The molecular weight excluding hydrogens is 288 g/mol. The first-order valence-corrected chi connectivity index (χ1v) is 5.94. The molecule has 0 aliphatic rings. The number of fused-ring (bicyclic) bond motifs is 1. The van der Waals surface area contributed by atoms with Crippen molar-refractivity contribution in [2.45, 2.75) is 6.61 Å². The Hall–Kier alpha value is -2.57. The van der Waals surface area contributed by atoms with E-state index in [4.69, 9.17) is 0 Å². The zero-order valence-corrected chi connectivity index (χ0v) is 10.4. The molecule has 1 aromatic heterocycles. The number of ether oxygens (including phenoxy) is 1. The normalized spacial score (nSPS) is 11.3. The van der Waals surface area contributed by atoms with Crippen LogP contribution in [0.2, 0.25) is 0 Å². The summed E-state index contributed by atoms with van der Waals surface area (Å²) in [4.78, 5) is 6.67. The average Bonchev–Trinajstić information content (AvgIpc) is 2.88. The van der Waals surface area contributed by atoms with Crippen molar-refractivity contribution in [3.05, 3.63) is 48.0 Å². The lowest BCUT2D eigenvalue weighted by Gasteiger charge is -2.08. The molecule has 0 aliphatic carbocycles. The first kappa shape index (κ1) is 13.4. The Balaban J connectivity index is 2.15. The fourth-order valence-electron chi connectivity index (χ4n) is 2.01. The van der Waals surface area contributed by atoms with Crippen molar-refractivity contribution >= 4 is 11.0 Å². The van der Waals surface area contributed by atoms with E-state index in [1.807, 2.05) is 0 Å². The third-order valence-corrected chi connectivity index (χ3v) is 2.90. The smallest absolute Gasteiger partial charge is 0.387 e. The van der Waals surface area contributed by atoms with Crippen LogP contribution in [0.4, 0.5) is 17.6 Å². The summed E-state index contributed by atoms with van der Waals surface area (Å²) in [5.74, 6) is -2.11. The second kappa shape index (κ2) is 5.08. The Kier molecular flexibility index (Phi) is 3.25. The minimum Gasteiger partial charge on any atom is -0.434 e. The molecule has 0 atom stereocenters. The molecule has 0 aliphatic heterocycles. The number of hydrogen-bond acceptors (Lipinski definition) is 2. The van der Waals surface area contributed by atoms with Crippen LogP contribution in [0.15, 0.2) is 36.4 Å². The molecule has 7 heteroatoms. The molecule has 0 bridgehead atoms. The highest BCUT2D eigenvalue weighted by atomic mass is 19.3. The Morgan fingerprint density at radius 2 is 1.81 bits per heavy atom. The summed E-state index contributed by atoms with van der Waals surface area (Å²) in [6.07, 6.45) is 0. The predicted molar refractivity (Wildman–Crippen MR) is 68.1 cm³/mol. The van der Waals surface area contributed by atoms with E-state index in [1.165, 1.54) is 24.3 Å². The van der Waals surface area contributed by atoms with Crippen LogP contribution in [0.25, 0.3) is 22.4 Å². The van der Waals surface area contributed by atoms with E-state index in [9.17, 15) is 17.6 Å². The Morgan fingerprint density at radius 1 is 1.05 bits per heavy atom. The van der Waals surface area contributed by atoms with Crippen LogP contribution in [0, 0.1) is 11.6 Å². The molecule has 3 nitrogen and oxygen atoms in total. The van der Waals surface area contributed by atoms with Crippen molar-refractivity contribution in [2.24, 2.45) is 0 Å². The highest BCUT2D eigenvalue weighted by Gasteiger charge is 2.16. The van der Waals surface area contributed by atoms with Crippen molar-refractivity contribution in [1.29, 1.82) is 0 Å². The summed E-state index contributed by atoms with van der Waals surface area (Å²) in [5, 5.41) is 0. The molecule has 0 fully saturated rings. The molecule has 21 heavy (non-hydrogen) atoms. The number of nitrogens with one attached hydrogen (secondary N) is 1. The number of imidazole rings is 1. The number of para-hydroxylation sites is 1. The standard InChI is InChI=1S/C14H8F4N2O/c15-8-5-6-9-12(11(8)16)20-13(19-9)7-3-1-2-4-10(7)21-14(17)18/h1-6,14H,(H,19,20).